The van der Waals surface area contributed by atoms with E-state index < -0.39 is 6.10 Å². The molecule has 4 rings (SSSR count). The van der Waals surface area contributed by atoms with Gasteiger partial charge in [-0.05, 0) is 49.9 Å². The Bertz CT molecular complexity index is 595. The van der Waals surface area contributed by atoms with Crippen LogP contribution in [0.15, 0.2) is 24.3 Å². The number of aryl methyl sites for hydroxylation is 1. The predicted molar refractivity (Wildman–Crippen MR) is 77.9 cm³/mol. The predicted octanol–water partition coefficient (Wildman–Crippen LogP) is 1.79. The Morgan fingerprint density at radius 2 is 2.15 bits per heavy atom. The summed E-state index contributed by atoms with van der Waals surface area (Å²) in [5, 5.41) is 24.3. The SMILES string of the molecule is Cc1ccc(O)c2c1C[C@H]1NCC[C@@]23CC(O)C=C[C@@H]13. The highest BCUT2D eigenvalue weighted by Gasteiger charge is 2.53. The number of aromatic hydroxyl groups is 1. The summed E-state index contributed by atoms with van der Waals surface area (Å²) in [6, 6.07) is 4.27. The van der Waals surface area contributed by atoms with Crippen LogP contribution in [0.3, 0.4) is 0 Å². The molecule has 3 aliphatic rings. The first-order valence-corrected chi connectivity index (χ1v) is 7.53. The largest absolute Gasteiger partial charge is 0.508 e. The highest BCUT2D eigenvalue weighted by atomic mass is 16.3. The molecule has 3 nitrogen and oxygen atoms in total. The third-order valence-electron chi connectivity index (χ3n) is 5.61. The van der Waals surface area contributed by atoms with Crippen LogP contribution in [0.5, 0.6) is 5.75 Å². The summed E-state index contributed by atoms with van der Waals surface area (Å²) in [7, 11) is 0. The van der Waals surface area contributed by atoms with Crippen molar-refractivity contribution in [2.75, 3.05) is 6.54 Å². The molecule has 0 aromatic heterocycles. The number of piperidine rings is 1. The molecule has 4 atom stereocenters. The zero-order chi connectivity index (χ0) is 13.9. The average Bonchev–Trinajstić information content (AvgIpc) is 2.41. The van der Waals surface area contributed by atoms with Gasteiger partial charge in [0, 0.05) is 22.9 Å². The summed E-state index contributed by atoms with van der Waals surface area (Å²) in [5.74, 6) is 0.804. The molecule has 1 unspecified atom stereocenters. The third kappa shape index (κ3) is 1.48. The van der Waals surface area contributed by atoms with Gasteiger partial charge in [0.15, 0.2) is 0 Å². The Balaban J connectivity index is 2.00. The fourth-order valence-electron chi connectivity index (χ4n) is 4.78. The molecule has 20 heavy (non-hydrogen) atoms. The molecule has 1 aliphatic heterocycles. The van der Waals surface area contributed by atoms with Gasteiger partial charge in [0.1, 0.15) is 5.75 Å². The lowest BCUT2D eigenvalue weighted by Gasteiger charge is -2.55. The van der Waals surface area contributed by atoms with E-state index in [1.807, 2.05) is 18.2 Å². The van der Waals surface area contributed by atoms with Crippen LogP contribution in [0.2, 0.25) is 0 Å². The molecule has 2 aliphatic carbocycles. The van der Waals surface area contributed by atoms with E-state index in [-0.39, 0.29) is 5.41 Å². The number of hydrogen-bond acceptors (Lipinski definition) is 3. The Labute approximate surface area is 119 Å². The number of aliphatic hydroxyl groups is 1. The molecule has 106 valence electrons. The van der Waals surface area contributed by atoms with Crippen molar-refractivity contribution < 1.29 is 10.2 Å². The fraction of sp³-hybridized carbons (Fsp3) is 0.529. The van der Waals surface area contributed by atoms with Crippen molar-refractivity contribution in [1.82, 2.24) is 5.32 Å². The monoisotopic (exact) mass is 271 g/mol. The number of rotatable bonds is 0. The number of nitrogens with one attached hydrogen (secondary N) is 1. The average molecular weight is 271 g/mol. The number of phenolic OH excluding ortho intramolecular Hbond substituents is 1. The molecule has 1 aromatic carbocycles. The van der Waals surface area contributed by atoms with E-state index in [1.54, 1.807) is 0 Å². The van der Waals surface area contributed by atoms with Crippen LogP contribution in [-0.2, 0) is 11.8 Å². The Kier molecular flexibility index (Phi) is 2.54. The lowest BCUT2D eigenvalue weighted by atomic mass is 9.53. The lowest BCUT2D eigenvalue weighted by Crippen LogP contribution is -2.59. The molecule has 1 fully saturated rings. The van der Waals surface area contributed by atoms with Crippen molar-refractivity contribution in [3.05, 3.63) is 41.0 Å². The maximum absolute atomic E-state index is 10.5. The standard InChI is InChI=1S/C17H21NO2/c1-10-2-5-15(20)16-12(10)8-14-13-4-3-11(19)9-17(13,16)6-7-18-14/h2-5,11,13-14,18-20H,6-9H2,1H3/t11?,13-,14+,17-/m0/s1. The number of phenols is 1. The van der Waals surface area contributed by atoms with E-state index in [9.17, 15) is 10.2 Å². The second kappa shape index (κ2) is 4.09. The van der Waals surface area contributed by atoms with Crippen LogP contribution in [0.1, 0.15) is 29.5 Å². The quantitative estimate of drug-likeness (QED) is 0.631. The first-order chi connectivity index (χ1) is 9.62. The van der Waals surface area contributed by atoms with Crippen LogP contribution >= 0.6 is 0 Å². The molecule has 0 amide bonds. The molecular formula is C17H21NO2. The zero-order valence-corrected chi connectivity index (χ0v) is 11.8. The van der Waals surface area contributed by atoms with Crippen LogP contribution in [0.25, 0.3) is 0 Å². The molecule has 1 saturated heterocycles. The topological polar surface area (TPSA) is 52.5 Å². The summed E-state index contributed by atoms with van der Waals surface area (Å²) in [4.78, 5) is 0. The minimum absolute atomic E-state index is 0.0895. The van der Waals surface area contributed by atoms with E-state index >= 15 is 0 Å². The van der Waals surface area contributed by atoms with Gasteiger partial charge in [-0.1, -0.05) is 18.2 Å². The van der Waals surface area contributed by atoms with Gasteiger partial charge < -0.3 is 15.5 Å². The van der Waals surface area contributed by atoms with E-state index in [0.717, 1.165) is 31.4 Å². The van der Waals surface area contributed by atoms with Crippen molar-refractivity contribution in [3.63, 3.8) is 0 Å². The molecule has 1 heterocycles. The van der Waals surface area contributed by atoms with Crippen molar-refractivity contribution in [2.24, 2.45) is 5.92 Å². The molecule has 3 N–H and O–H groups in total. The summed E-state index contributed by atoms with van der Waals surface area (Å²) in [6.45, 7) is 3.09. The molecule has 1 aromatic rings. The number of benzene rings is 1. The molecule has 2 bridgehead atoms. The minimum Gasteiger partial charge on any atom is -0.508 e. The highest BCUT2D eigenvalue weighted by Crippen LogP contribution is 2.54. The van der Waals surface area contributed by atoms with Gasteiger partial charge in [-0.3, -0.25) is 0 Å². The van der Waals surface area contributed by atoms with Gasteiger partial charge in [-0.15, -0.1) is 0 Å². The molecule has 0 saturated carbocycles. The molecular weight excluding hydrogens is 250 g/mol. The highest BCUT2D eigenvalue weighted by molar-refractivity contribution is 5.53. The normalized spacial score (nSPS) is 38.2. The minimum atomic E-state index is -0.393. The summed E-state index contributed by atoms with van der Waals surface area (Å²) in [5.41, 5.74) is 3.58. The van der Waals surface area contributed by atoms with Crippen LogP contribution in [0, 0.1) is 12.8 Å². The van der Waals surface area contributed by atoms with E-state index in [2.05, 4.69) is 18.3 Å². The maximum Gasteiger partial charge on any atom is 0.119 e. The second-order valence-electron chi connectivity index (χ2n) is 6.61. The first kappa shape index (κ1) is 12.4. The smallest absolute Gasteiger partial charge is 0.119 e. The number of hydrogen-bond donors (Lipinski definition) is 3. The van der Waals surface area contributed by atoms with Crippen LogP contribution < -0.4 is 5.32 Å². The van der Waals surface area contributed by atoms with Crippen molar-refractivity contribution in [3.8, 4) is 5.75 Å². The summed E-state index contributed by atoms with van der Waals surface area (Å²) < 4.78 is 0. The fourth-order valence-corrected chi connectivity index (χ4v) is 4.78. The molecule has 0 spiro atoms. The van der Waals surface area contributed by atoms with Gasteiger partial charge in [0.05, 0.1) is 6.10 Å². The Morgan fingerprint density at radius 1 is 1.30 bits per heavy atom. The van der Waals surface area contributed by atoms with Gasteiger partial charge in [0.25, 0.3) is 0 Å². The third-order valence-corrected chi connectivity index (χ3v) is 5.61. The first-order valence-electron chi connectivity index (χ1n) is 7.53. The van der Waals surface area contributed by atoms with Gasteiger partial charge in [-0.25, -0.2) is 0 Å². The van der Waals surface area contributed by atoms with Gasteiger partial charge >= 0.3 is 0 Å². The maximum atomic E-state index is 10.5. The number of fused-ring (bicyclic) bond motifs is 1. The Morgan fingerprint density at radius 3 is 3.00 bits per heavy atom. The van der Waals surface area contributed by atoms with Crippen LogP contribution in [0.4, 0.5) is 0 Å². The van der Waals surface area contributed by atoms with E-state index in [1.165, 1.54) is 11.1 Å². The second-order valence-corrected chi connectivity index (χ2v) is 6.61. The van der Waals surface area contributed by atoms with Gasteiger partial charge in [-0.2, -0.15) is 0 Å². The van der Waals surface area contributed by atoms with Crippen molar-refractivity contribution >= 4 is 0 Å². The van der Waals surface area contributed by atoms with E-state index in [4.69, 9.17) is 0 Å². The molecule has 3 heteroatoms. The zero-order valence-electron chi connectivity index (χ0n) is 11.8. The van der Waals surface area contributed by atoms with Crippen molar-refractivity contribution in [2.45, 2.75) is 43.7 Å². The van der Waals surface area contributed by atoms with E-state index in [0.29, 0.717) is 17.7 Å². The number of aliphatic hydroxyl groups excluding tert-OH is 1. The van der Waals surface area contributed by atoms with Crippen molar-refractivity contribution in [1.29, 1.82) is 0 Å². The van der Waals surface area contributed by atoms with Gasteiger partial charge in [0.2, 0.25) is 0 Å². The summed E-state index contributed by atoms with van der Waals surface area (Å²) in [6.07, 6.45) is 6.41. The molecule has 0 radical (unpaired) electrons. The van der Waals surface area contributed by atoms with Crippen LogP contribution in [-0.4, -0.2) is 28.9 Å². The summed E-state index contributed by atoms with van der Waals surface area (Å²) >= 11 is 0. The Hall–Kier alpha value is -1.32. The lowest BCUT2D eigenvalue weighted by molar-refractivity contribution is 0.0806.